The summed E-state index contributed by atoms with van der Waals surface area (Å²) in [6.07, 6.45) is -4.80. The normalized spacial score (nSPS) is 23.0. The molecule has 1 saturated heterocycles. The highest BCUT2D eigenvalue weighted by Crippen LogP contribution is 2.39. The van der Waals surface area contributed by atoms with Gasteiger partial charge in [0.2, 0.25) is 5.76 Å². The number of nitrogens with one attached hydrogen (secondary N) is 1. The standard InChI is InChI=1S/C19H20F4N2O4/c20-8-13-10-27-12(9-28-13)3-5-25-6-4-24-18(26)17-16(25)14-7-11(19(21,22)23)1-2-15(14)29-17/h1-2,7,12-13H,3-6,8-10H2,(H,24,26). The van der Waals surface area contributed by atoms with E-state index in [0.717, 1.165) is 12.1 Å². The van der Waals surface area contributed by atoms with Crippen LogP contribution in [0.3, 0.4) is 0 Å². The second-order valence-corrected chi connectivity index (χ2v) is 7.09. The monoisotopic (exact) mass is 416 g/mol. The van der Waals surface area contributed by atoms with Crippen LogP contribution in [0.2, 0.25) is 0 Å². The number of alkyl halides is 4. The predicted octanol–water partition coefficient (Wildman–Crippen LogP) is 3.15. The average molecular weight is 416 g/mol. The highest BCUT2D eigenvalue weighted by atomic mass is 19.4. The van der Waals surface area contributed by atoms with Gasteiger partial charge in [-0.3, -0.25) is 4.79 Å². The van der Waals surface area contributed by atoms with Gasteiger partial charge >= 0.3 is 6.18 Å². The Balaban J connectivity index is 1.61. The second kappa shape index (κ2) is 7.83. The van der Waals surface area contributed by atoms with Gasteiger partial charge in [0.15, 0.2) is 0 Å². The number of amides is 1. The molecule has 0 bridgehead atoms. The SMILES string of the molecule is O=C1NCCN(CCC2COC(CF)CO2)c2c1oc1ccc(C(F)(F)F)cc21. The number of ether oxygens (including phenoxy) is 2. The first kappa shape index (κ1) is 20.0. The number of carbonyl (C=O) groups excluding carboxylic acids is 1. The molecule has 1 fully saturated rings. The molecule has 6 nitrogen and oxygen atoms in total. The van der Waals surface area contributed by atoms with Crippen molar-refractivity contribution in [3.8, 4) is 0 Å². The third-order valence-corrected chi connectivity index (χ3v) is 5.11. The fraction of sp³-hybridized carbons (Fsp3) is 0.526. The van der Waals surface area contributed by atoms with E-state index in [2.05, 4.69) is 5.32 Å². The van der Waals surface area contributed by atoms with Gasteiger partial charge in [-0.15, -0.1) is 0 Å². The van der Waals surface area contributed by atoms with Crippen molar-refractivity contribution in [3.05, 3.63) is 29.5 Å². The first-order valence-electron chi connectivity index (χ1n) is 9.33. The highest BCUT2D eigenvalue weighted by Gasteiger charge is 2.34. The van der Waals surface area contributed by atoms with Crippen LogP contribution in [0.5, 0.6) is 0 Å². The lowest BCUT2D eigenvalue weighted by Gasteiger charge is -2.30. The molecule has 1 aromatic heterocycles. The molecular formula is C19H20F4N2O4. The molecule has 2 aromatic rings. The molecule has 10 heteroatoms. The molecule has 0 aliphatic carbocycles. The summed E-state index contributed by atoms with van der Waals surface area (Å²) in [5.41, 5.74) is -0.243. The Morgan fingerprint density at radius 1 is 1.17 bits per heavy atom. The van der Waals surface area contributed by atoms with Crippen molar-refractivity contribution < 1.29 is 36.2 Å². The van der Waals surface area contributed by atoms with Gasteiger partial charge in [-0.25, -0.2) is 4.39 Å². The number of fused-ring (bicyclic) bond motifs is 3. The summed E-state index contributed by atoms with van der Waals surface area (Å²) in [6.45, 7) is 0.951. The van der Waals surface area contributed by atoms with Crippen LogP contribution in [0.4, 0.5) is 23.2 Å². The number of carbonyl (C=O) groups is 1. The maximum atomic E-state index is 13.2. The quantitative estimate of drug-likeness (QED) is 0.776. The van der Waals surface area contributed by atoms with Crippen LogP contribution in [-0.4, -0.2) is 57.6 Å². The van der Waals surface area contributed by atoms with E-state index in [-0.39, 0.29) is 36.0 Å². The minimum absolute atomic E-state index is 0.00451. The number of rotatable bonds is 4. The summed E-state index contributed by atoms with van der Waals surface area (Å²) >= 11 is 0. The number of halogens is 4. The van der Waals surface area contributed by atoms with Crippen LogP contribution >= 0.6 is 0 Å². The minimum atomic E-state index is -4.50. The molecule has 4 rings (SSSR count). The molecule has 1 aromatic carbocycles. The maximum absolute atomic E-state index is 13.2. The molecule has 0 saturated carbocycles. The molecule has 0 spiro atoms. The zero-order valence-electron chi connectivity index (χ0n) is 15.4. The van der Waals surface area contributed by atoms with Gasteiger partial charge in [-0.05, 0) is 24.6 Å². The first-order chi connectivity index (χ1) is 13.9. The predicted molar refractivity (Wildman–Crippen MR) is 95.8 cm³/mol. The summed E-state index contributed by atoms with van der Waals surface area (Å²) in [4.78, 5) is 14.2. The van der Waals surface area contributed by atoms with E-state index in [1.165, 1.54) is 6.07 Å². The highest BCUT2D eigenvalue weighted by molar-refractivity contribution is 6.07. The third-order valence-electron chi connectivity index (χ3n) is 5.11. The summed E-state index contributed by atoms with van der Waals surface area (Å²) in [5, 5.41) is 2.93. The van der Waals surface area contributed by atoms with E-state index in [0.29, 0.717) is 31.7 Å². The lowest BCUT2D eigenvalue weighted by molar-refractivity contribution is -0.138. The topological polar surface area (TPSA) is 63.9 Å². The summed E-state index contributed by atoms with van der Waals surface area (Å²) in [7, 11) is 0. The van der Waals surface area contributed by atoms with Crippen molar-refractivity contribution in [2.24, 2.45) is 0 Å². The van der Waals surface area contributed by atoms with Gasteiger partial charge in [0.1, 0.15) is 18.4 Å². The summed E-state index contributed by atoms with van der Waals surface area (Å²) < 4.78 is 68.7. The fourth-order valence-electron chi connectivity index (χ4n) is 3.59. The Morgan fingerprint density at radius 2 is 1.93 bits per heavy atom. The third kappa shape index (κ3) is 4.04. The molecule has 158 valence electrons. The van der Waals surface area contributed by atoms with Crippen LogP contribution in [0, 0.1) is 0 Å². The van der Waals surface area contributed by atoms with Crippen molar-refractivity contribution in [3.63, 3.8) is 0 Å². The Hall–Kier alpha value is -2.33. The molecule has 2 atom stereocenters. The minimum Gasteiger partial charge on any atom is -0.449 e. The van der Waals surface area contributed by atoms with Gasteiger partial charge in [0.25, 0.3) is 5.91 Å². The molecule has 2 aliphatic heterocycles. The van der Waals surface area contributed by atoms with Crippen LogP contribution in [0.1, 0.15) is 22.5 Å². The van der Waals surface area contributed by atoms with Gasteiger partial charge in [-0.1, -0.05) is 0 Å². The smallest absolute Gasteiger partial charge is 0.416 e. The lowest BCUT2D eigenvalue weighted by atomic mass is 10.1. The Labute approximate surface area is 163 Å². The van der Waals surface area contributed by atoms with E-state index in [9.17, 15) is 22.4 Å². The van der Waals surface area contributed by atoms with E-state index >= 15 is 0 Å². The average Bonchev–Trinajstić information content (AvgIpc) is 3.01. The van der Waals surface area contributed by atoms with Gasteiger partial charge in [0.05, 0.1) is 30.6 Å². The van der Waals surface area contributed by atoms with E-state index in [1.54, 1.807) is 0 Å². The van der Waals surface area contributed by atoms with E-state index in [1.807, 2.05) is 4.90 Å². The second-order valence-electron chi connectivity index (χ2n) is 7.09. The maximum Gasteiger partial charge on any atom is 0.416 e. The van der Waals surface area contributed by atoms with Crippen LogP contribution < -0.4 is 10.2 Å². The molecule has 3 heterocycles. The number of nitrogens with zero attached hydrogens (tertiary/aromatic N) is 1. The van der Waals surface area contributed by atoms with Crippen molar-refractivity contribution in [2.75, 3.05) is 44.4 Å². The number of hydrogen-bond donors (Lipinski definition) is 1. The molecule has 29 heavy (non-hydrogen) atoms. The fourth-order valence-corrected chi connectivity index (χ4v) is 3.59. The molecule has 1 N–H and O–H groups in total. The van der Waals surface area contributed by atoms with Crippen molar-refractivity contribution >= 4 is 22.6 Å². The molecule has 0 radical (unpaired) electrons. The van der Waals surface area contributed by atoms with Crippen molar-refractivity contribution in [2.45, 2.75) is 24.8 Å². The summed E-state index contributed by atoms with van der Waals surface area (Å²) in [6, 6.07) is 3.17. The van der Waals surface area contributed by atoms with Crippen LogP contribution in [0.25, 0.3) is 11.0 Å². The molecule has 2 aliphatic rings. The van der Waals surface area contributed by atoms with E-state index < -0.39 is 30.4 Å². The number of anilines is 1. The Bertz CT molecular complexity index is 890. The molecule has 2 unspecified atom stereocenters. The number of benzene rings is 1. The molecular weight excluding hydrogens is 396 g/mol. The van der Waals surface area contributed by atoms with Crippen LogP contribution in [-0.2, 0) is 15.7 Å². The number of hydrogen-bond acceptors (Lipinski definition) is 5. The Kier molecular flexibility index (Phi) is 5.39. The van der Waals surface area contributed by atoms with Crippen molar-refractivity contribution in [1.29, 1.82) is 0 Å². The van der Waals surface area contributed by atoms with Crippen LogP contribution in [0.15, 0.2) is 22.6 Å². The zero-order chi connectivity index (χ0) is 20.6. The van der Waals surface area contributed by atoms with Gasteiger partial charge in [-0.2, -0.15) is 13.2 Å². The zero-order valence-corrected chi connectivity index (χ0v) is 15.4. The lowest BCUT2D eigenvalue weighted by Crippen LogP contribution is -2.39. The molecule has 1 amide bonds. The van der Waals surface area contributed by atoms with Crippen molar-refractivity contribution in [1.82, 2.24) is 5.32 Å². The Morgan fingerprint density at radius 3 is 2.62 bits per heavy atom. The largest absolute Gasteiger partial charge is 0.449 e. The van der Waals surface area contributed by atoms with E-state index in [4.69, 9.17) is 13.9 Å². The number of furan rings is 1. The summed E-state index contributed by atoms with van der Waals surface area (Å²) in [5.74, 6) is -0.467. The van der Waals surface area contributed by atoms with Gasteiger partial charge in [0, 0.05) is 25.0 Å². The first-order valence-corrected chi connectivity index (χ1v) is 9.33. The van der Waals surface area contributed by atoms with Gasteiger partial charge < -0.3 is 24.1 Å².